The Balaban J connectivity index is 2.16. The molecule has 2 heterocycles. The van der Waals surface area contributed by atoms with Crippen LogP contribution in [-0.4, -0.2) is 24.1 Å². The lowest BCUT2D eigenvalue weighted by atomic mass is 10.1. The second-order valence-corrected chi connectivity index (χ2v) is 5.29. The normalized spacial score (nSPS) is 17.7. The number of hydrogen-bond acceptors (Lipinski definition) is 4. The van der Waals surface area contributed by atoms with Gasteiger partial charge in [-0.1, -0.05) is 6.08 Å². The van der Waals surface area contributed by atoms with E-state index in [1.807, 2.05) is 25.4 Å². The maximum atomic E-state index is 5.71. The molecule has 1 unspecified atom stereocenters. The zero-order chi connectivity index (χ0) is 13.7. The lowest BCUT2D eigenvalue weighted by Crippen LogP contribution is -2.30. The van der Waals surface area contributed by atoms with E-state index in [2.05, 4.69) is 28.2 Å². The standard InChI is InChI=1S/C15H24N4/c1-12-10-14(17-7-6-13(2)16)15(18-11-12)19-8-4-3-5-9-19/h6-7,10-11,13,17H,3-5,8-9,16H2,1-2H3/b7-6-. The highest BCUT2D eigenvalue weighted by atomic mass is 15.2. The number of pyridine rings is 1. The molecule has 1 aliphatic heterocycles. The van der Waals surface area contributed by atoms with E-state index in [1.54, 1.807) is 0 Å². The smallest absolute Gasteiger partial charge is 0.152 e. The number of aryl methyl sites for hydroxylation is 1. The predicted octanol–water partition coefficient (Wildman–Crippen LogP) is 2.65. The first kappa shape index (κ1) is 13.9. The first-order valence-corrected chi connectivity index (χ1v) is 7.07. The predicted molar refractivity (Wildman–Crippen MR) is 81.5 cm³/mol. The van der Waals surface area contributed by atoms with Gasteiger partial charge in [0.05, 0.1) is 5.69 Å². The summed E-state index contributed by atoms with van der Waals surface area (Å²) in [6.45, 7) is 6.22. The minimum Gasteiger partial charge on any atom is -0.359 e. The number of piperidine rings is 1. The largest absolute Gasteiger partial charge is 0.359 e. The molecule has 2 rings (SSSR count). The average molecular weight is 260 g/mol. The van der Waals surface area contributed by atoms with Crippen molar-refractivity contribution in [2.45, 2.75) is 39.2 Å². The van der Waals surface area contributed by atoms with Gasteiger partial charge >= 0.3 is 0 Å². The maximum Gasteiger partial charge on any atom is 0.152 e. The van der Waals surface area contributed by atoms with Crippen LogP contribution >= 0.6 is 0 Å². The van der Waals surface area contributed by atoms with Gasteiger partial charge in [-0.15, -0.1) is 0 Å². The molecule has 104 valence electrons. The summed E-state index contributed by atoms with van der Waals surface area (Å²) < 4.78 is 0. The highest BCUT2D eigenvalue weighted by Gasteiger charge is 2.15. The maximum absolute atomic E-state index is 5.71. The molecule has 0 amide bonds. The van der Waals surface area contributed by atoms with Gasteiger partial charge in [0.15, 0.2) is 5.82 Å². The van der Waals surface area contributed by atoms with Gasteiger partial charge in [-0.3, -0.25) is 0 Å². The monoisotopic (exact) mass is 260 g/mol. The Kier molecular flexibility index (Phi) is 4.80. The summed E-state index contributed by atoms with van der Waals surface area (Å²) in [5, 5.41) is 3.32. The topological polar surface area (TPSA) is 54.2 Å². The molecule has 4 heteroatoms. The highest BCUT2D eigenvalue weighted by Crippen LogP contribution is 2.26. The molecule has 1 atom stereocenters. The lowest BCUT2D eigenvalue weighted by Gasteiger charge is -2.29. The molecule has 1 aromatic rings. The van der Waals surface area contributed by atoms with Crippen molar-refractivity contribution in [3.63, 3.8) is 0 Å². The molecule has 4 nitrogen and oxygen atoms in total. The Morgan fingerprint density at radius 1 is 1.37 bits per heavy atom. The van der Waals surface area contributed by atoms with Crippen molar-refractivity contribution in [3.8, 4) is 0 Å². The van der Waals surface area contributed by atoms with E-state index in [9.17, 15) is 0 Å². The lowest BCUT2D eigenvalue weighted by molar-refractivity contribution is 0.574. The summed E-state index contributed by atoms with van der Waals surface area (Å²) in [5.74, 6) is 1.06. The number of aromatic nitrogens is 1. The van der Waals surface area contributed by atoms with E-state index in [0.29, 0.717) is 0 Å². The number of hydrogen-bond donors (Lipinski definition) is 2. The van der Waals surface area contributed by atoms with Crippen molar-refractivity contribution < 1.29 is 0 Å². The summed E-state index contributed by atoms with van der Waals surface area (Å²) in [6.07, 6.45) is 9.63. The fraction of sp³-hybridized carbons (Fsp3) is 0.533. The van der Waals surface area contributed by atoms with Gasteiger partial charge in [-0.2, -0.15) is 0 Å². The van der Waals surface area contributed by atoms with Crippen LogP contribution in [0.3, 0.4) is 0 Å². The van der Waals surface area contributed by atoms with Crippen LogP contribution in [0.15, 0.2) is 24.5 Å². The van der Waals surface area contributed by atoms with Crippen molar-refractivity contribution in [1.82, 2.24) is 4.98 Å². The number of anilines is 2. The van der Waals surface area contributed by atoms with Crippen LogP contribution in [0.2, 0.25) is 0 Å². The number of nitrogens with zero attached hydrogens (tertiary/aromatic N) is 2. The van der Waals surface area contributed by atoms with Crippen LogP contribution < -0.4 is 16.0 Å². The van der Waals surface area contributed by atoms with E-state index in [0.717, 1.165) is 30.2 Å². The summed E-state index contributed by atoms with van der Waals surface area (Å²) in [6, 6.07) is 2.20. The third kappa shape index (κ3) is 3.96. The van der Waals surface area contributed by atoms with Gasteiger partial charge in [0.2, 0.25) is 0 Å². The zero-order valence-corrected chi connectivity index (χ0v) is 11.9. The van der Waals surface area contributed by atoms with Crippen molar-refractivity contribution in [3.05, 3.63) is 30.1 Å². The molecule has 0 bridgehead atoms. The Hall–Kier alpha value is -1.55. The van der Waals surface area contributed by atoms with Crippen molar-refractivity contribution in [1.29, 1.82) is 0 Å². The van der Waals surface area contributed by atoms with Crippen molar-refractivity contribution in [2.75, 3.05) is 23.3 Å². The summed E-state index contributed by atoms with van der Waals surface area (Å²) in [7, 11) is 0. The van der Waals surface area contributed by atoms with Gasteiger partial charge in [0, 0.05) is 25.3 Å². The van der Waals surface area contributed by atoms with Gasteiger partial charge in [-0.05, 0) is 50.9 Å². The van der Waals surface area contributed by atoms with E-state index in [1.165, 1.54) is 19.3 Å². The van der Waals surface area contributed by atoms with Gasteiger partial charge in [0.25, 0.3) is 0 Å². The van der Waals surface area contributed by atoms with Crippen LogP contribution in [0.5, 0.6) is 0 Å². The SMILES string of the molecule is Cc1cnc(N2CCCCC2)c(N/C=C\C(C)N)c1. The molecule has 19 heavy (non-hydrogen) atoms. The quantitative estimate of drug-likeness (QED) is 0.874. The van der Waals surface area contributed by atoms with Gasteiger partial charge in [-0.25, -0.2) is 4.98 Å². The molecule has 3 N–H and O–H groups in total. The summed E-state index contributed by atoms with van der Waals surface area (Å²) in [5.41, 5.74) is 7.95. The van der Waals surface area contributed by atoms with Crippen LogP contribution in [0.4, 0.5) is 11.5 Å². The second kappa shape index (κ2) is 6.57. The van der Waals surface area contributed by atoms with Crippen molar-refractivity contribution >= 4 is 11.5 Å². The molecule has 0 aromatic carbocycles. The summed E-state index contributed by atoms with van der Waals surface area (Å²) >= 11 is 0. The van der Waals surface area contributed by atoms with Crippen molar-refractivity contribution in [2.24, 2.45) is 5.73 Å². The van der Waals surface area contributed by atoms with E-state index in [4.69, 9.17) is 5.73 Å². The second-order valence-electron chi connectivity index (χ2n) is 5.29. The summed E-state index contributed by atoms with van der Waals surface area (Å²) in [4.78, 5) is 6.96. The zero-order valence-electron chi connectivity index (χ0n) is 11.9. The Morgan fingerprint density at radius 3 is 2.79 bits per heavy atom. The molecule has 1 aliphatic rings. The molecular weight excluding hydrogens is 236 g/mol. The molecule has 0 radical (unpaired) electrons. The van der Waals surface area contributed by atoms with E-state index in [-0.39, 0.29) is 6.04 Å². The molecular formula is C15H24N4. The first-order valence-electron chi connectivity index (χ1n) is 7.07. The average Bonchev–Trinajstić information content (AvgIpc) is 2.39. The number of nitrogens with one attached hydrogen (secondary N) is 1. The molecule has 1 saturated heterocycles. The Morgan fingerprint density at radius 2 is 2.11 bits per heavy atom. The first-order chi connectivity index (χ1) is 9.16. The van der Waals surface area contributed by atoms with Crippen LogP contribution in [0.1, 0.15) is 31.7 Å². The molecule has 1 aromatic heterocycles. The third-order valence-electron chi connectivity index (χ3n) is 3.30. The third-order valence-corrected chi connectivity index (χ3v) is 3.30. The Labute approximate surface area is 115 Å². The fourth-order valence-electron chi connectivity index (χ4n) is 2.32. The molecule has 1 fully saturated rings. The van der Waals surface area contributed by atoms with Crippen LogP contribution in [0, 0.1) is 6.92 Å². The molecule has 0 saturated carbocycles. The van der Waals surface area contributed by atoms with E-state index >= 15 is 0 Å². The van der Waals surface area contributed by atoms with Gasteiger partial charge < -0.3 is 16.0 Å². The number of nitrogens with two attached hydrogens (primary N) is 1. The minimum absolute atomic E-state index is 0.0590. The van der Waals surface area contributed by atoms with E-state index < -0.39 is 0 Å². The molecule has 0 spiro atoms. The minimum atomic E-state index is 0.0590. The van der Waals surface area contributed by atoms with Crippen LogP contribution in [-0.2, 0) is 0 Å². The highest BCUT2D eigenvalue weighted by molar-refractivity contribution is 5.67. The fourth-order valence-corrected chi connectivity index (χ4v) is 2.32. The number of rotatable bonds is 4. The van der Waals surface area contributed by atoms with Crippen LogP contribution in [0.25, 0.3) is 0 Å². The molecule has 0 aliphatic carbocycles. The van der Waals surface area contributed by atoms with Gasteiger partial charge in [0.1, 0.15) is 0 Å². The Bertz CT molecular complexity index is 434.